The van der Waals surface area contributed by atoms with Crippen molar-refractivity contribution in [3.05, 3.63) is 107 Å². The third kappa shape index (κ3) is 6.79. The van der Waals surface area contributed by atoms with Crippen LogP contribution in [-0.4, -0.2) is 45.6 Å². The van der Waals surface area contributed by atoms with Crippen LogP contribution in [0.2, 0.25) is 0 Å². The molecule has 0 unspecified atom stereocenters. The first-order chi connectivity index (χ1) is 20.8. The summed E-state index contributed by atoms with van der Waals surface area (Å²) in [7, 11) is -3.27. The van der Waals surface area contributed by atoms with Gasteiger partial charge < -0.3 is 5.32 Å². The molecule has 0 saturated heterocycles. The molecule has 7 rings (SSSR count). The van der Waals surface area contributed by atoms with Crippen molar-refractivity contribution in [3.8, 4) is 11.1 Å². The monoisotopic (exact) mass is 657 g/mol. The van der Waals surface area contributed by atoms with Crippen LogP contribution in [0.15, 0.2) is 89.7 Å². The number of rotatable bonds is 8. The average Bonchev–Trinajstić information content (AvgIpc) is 3.75. The third-order valence-electron chi connectivity index (χ3n) is 7.52. The van der Waals surface area contributed by atoms with Crippen LogP contribution in [0.3, 0.4) is 0 Å². The second-order valence-electron chi connectivity index (χ2n) is 10.8. The molecule has 0 aliphatic heterocycles. The first-order valence-electron chi connectivity index (χ1n) is 14.1. The Bertz CT molecular complexity index is 1990. The molecule has 0 spiro atoms. The maximum atomic E-state index is 12.4. The molecular formula is C32H32BrN7O2S. The van der Waals surface area contributed by atoms with Gasteiger partial charge in [0.2, 0.25) is 10.0 Å². The minimum Gasteiger partial charge on any atom is -0.376 e. The van der Waals surface area contributed by atoms with E-state index in [0.717, 1.165) is 67.5 Å². The summed E-state index contributed by atoms with van der Waals surface area (Å²) in [5.41, 5.74) is 7.94. The molecule has 0 amide bonds. The molecule has 4 N–H and O–H groups in total. The van der Waals surface area contributed by atoms with Crippen molar-refractivity contribution in [2.45, 2.75) is 38.0 Å². The first-order valence-corrected chi connectivity index (χ1v) is 16.4. The SMILES string of the molecule is Cc1[nH]nc2ccc(-c3cncc(N[C@@H](CNS(=O)(=O)C4CC4)c4ccccc4)c3)cc12.Cc1[nH]nc2ccc(Br)cc12. The van der Waals surface area contributed by atoms with Gasteiger partial charge in [-0.3, -0.25) is 15.2 Å². The van der Waals surface area contributed by atoms with Crippen molar-refractivity contribution < 1.29 is 8.42 Å². The Balaban J connectivity index is 0.000000250. The van der Waals surface area contributed by atoms with Gasteiger partial charge in [-0.15, -0.1) is 0 Å². The normalized spacial score (nSPS) is 13.9. The highest BCUT2D eigenvalue weighted by molar-refractivity contribution is 9.10. The maximum Gasteiger partial charge on any atom is 0.214 e. The summed E-state index contributed by atoms with van der Waals surface area (Å²) in [5, 5.41) is 19.8. The van der Waals surface area contributed by atoms with Crippen LogP contribution in [0.25, 0.3) is 32.9 Å². The van der Waals surface area contributed by atoms with Crippen molar-refractivity contribution in [2.24, 2.45) is 0 Å². The van der Waals surface area contributed by atoms with Gasteiger partial charge in [-0.05, 0) is 74.2 Å². The number of nitrogens with one attached hydrogen (secondary N) is 4. The van der Waals surface area contributed by atoms with Crippen molar-refractivity contribution >= 4 is 53.4 Å². The zero-order valence-electron chi connectivity index (χ0n) is 23.8. The Morgan fingerprint density at radius 1 is 0.860 bits per heavy atom. The first kappa shape index (κ1) is 29.0. The molecule has 0 radical (unpaired) electrons. The van der Waals surface area contributed by atoms with Crippen LogP contribution in [-0.2, 0) is 10.0 Å². The van der Waals surface area contributed by atoms with Gasteiger partial charge in [-0.25, -0.2) is 13.1 Å². The standard InChI is InChI=1S/C24H25N5O2S.C8H7BrN2/c1-16-22-12-18(7-10-23(22)29-28-16)19-11-20(14-25-13-19)27-24(17-5-3-2-4-6-17)15-26-32(30,31)21-8-9-21;1-5-7-4-6(9)2-3-8(7)11-10-5/h2-7,10-14,21,24,26-27H,8-9,15H2,1H3,(H,28,29);2-4H,1H3,(H,10,11)/t24-;/m0./s1. The molecule has 3 heterocycles. The van der Waals surface area contributed by atoms with Gasteiger partial charge in [-0.2, -0.15) is 10.2 Å². The number of aryl methyl sites for hydroxylation is 2. The molecular weight excluding hydrogens is 626 g/mol. The molecule has 6 aromatic rings. The topological polar surface area (TPSA) is 128 Å². The summed E-state index contributed by atoms with van der Waals surface area (Å²) in [6.07, 6.45) is 5.07. The van der Waals surface area contributed by atoms with Gasteiger partial charge in [0.25, 0.3) is 0 Å². The Labute approximate surface area is 258 Å². The van der Waals surface area contributed by atoms with E-state index in [2.05, 4.69) is 63.5 Å². The van der Waals surface area contributed by atoms with E-state index in [1.165, 1.54) is 5.39 Å². The van der Waals surface area contributed by atoms with E-state index in [1.807, 2.05) is 80.7 Å². The van der Waals surface area contributed by atoms with Crippen LogP contribution in [0, 0.1) is 13.8 Å². The number of hydrogen-bond donors (Lipinski definition) is 4. The van der Waals surface area contributed by atoms with Crippen LogP contribution < -0.4 is 10.0 Å². The van der Waals surface area contributed by atoms with Crippen LogP contribution in [0.5, 0.6) is 0 Å². The Hall–Kier alpha value is -4.06. The molecule has 0 bridgehead atoms. The third-order valence-corrected chi connectivity index (χ3v) is 9.93. The largest absolute Gasteiger partial charge is 0.376 e. The zero-order valence-corrected chi connectivity index (χ0v) is 26.2. The summed E-state index contributed by atoms with van der Waals surface area (Å²) in [4.78, 5) is 4.42. The molecule has 11 heteroatoms. The molecule has 43 heavy (non-hydrogen) atoms. The molecule has 1 aliphatic rings. The predicted molar refractivity (Wildman–Crippen MR) is 175 cm³/mol. The lowest BCUT2D eigenvalue weighted by Crippen LogP contribution is -2.33. The lowest BCUT2D eigenvalue weighted by Gasteiger charge is -2.21. The molecule has 1 atom stereocenters. The number of H-pyrrole nitrogens is 2. The number of aromatic nitrogens is 5. The van der Waals surface area contributed by atoms with Crippen LogP contribution in [0.4, 0.5) is 5.69 Å². The molecule has 220 valence electrons. The van der Waals surface area contributed by atoms with Gasteiger partial charge in [0.1, 0.15) is 0 Å². The van der Waals surface area contributed by atoms with Crippen molar-refractivity contribution in [2.75, 3.05) is 11.9 Å². The average molecular weight is 659 g/mol. The van der Waals surface area contributed by atoms with Gasteiger partial charge in [-0.1, -0.05) is 52.3 Å². The number of pyridine rings is 1. The lowest BCUT2D eigenvalue weighted by atomic mass is 10.0. The van der Waals surface area contributed by atoms with Gasteiger partial charge in [0, 0.05) is 51.1 Å². The van der Waals surface area contributed by atoms with Crippen molar-refractivity contribution in [1.82, 2.24) is 30.1 Å². The van der Waals surface area contributed by atoms with Crippen LogP contribution in [0.1, 0.15) is 35.8 Å². The van der Waals surface area contributed by atoms with Crippen LogP contribution >= 0.6 is 15.9 Å². The molecule has 3 aromatic heterocycles. The quantitative estimate of drug-likeness (QED) is 0.142. The molecule has 1 aliphatic carbocycles. The fourth-order valence-electron chi connectivity index (χ4n) is 4.94. The fourth-order valence-corrected chi connectivity index (χ4v) is 6.69. The number of benzene rings is 3. The van der Waals surface area contributed by atoms with E-state index < -0.39 is 10.0 Å². The summed E-state index contributed by atoms with van der Waals surface area (Å²) < 4.78 is 28.6. The highest BCUT2D eigenvalue weighted by Crippen LogP contribution is 2.30. The molecule has 1 fully saturated rings. The number of aromatic amines is 2. The van der Waals surface area contributed by atoms with E-state index in [4.69, 9.17) is 0 Å². The number of nitrogens with zero attached hydrogens (tertiary/aromatic N) is 3. The second kappa shape index (κ2) is 12.3. The Morgan fingerprint density at radius 3 is 2.23 bits per heavy atom. The van der Waals surface area contributed by atoms with E-state index in [-0.39, 0.29) is 17.8 Å². The number of sulfonamides is 1. The number of fused-ring (bicyclic) bond motifs is 2. The van der Waals surface area contributed by atoms with Gasteiger partial charge >= 0.3 is 0 Å². The van der Waals surface area contributed by atoms with Gasteiger partial charge in [0.15, 0.2) is 0 Å². The van der Waals surface area contributed by atoms with E-state index in [1.54, 1.807) is 6.20 Å². The Morgan fingerprint density at radius 2 is 1.53 bits per heavy atom. The van der Waals surface area contributed by atoms with E-state index >= 15 is 0 Å². The summed E-state index contributed by atoms with van der Waals surface area (Å²) >= 11 is 3.41. The Kier molecular flexibility index (Phi) is 8.29. The van der Waals surface area contributed by atoms with E-state index in [9.17, 15) is 8.42 Å². The number of anilines is 1. The second-order valence-corrected chi connectivity index (χ2v) is 13.7. The zero-order chi connectivity index (χ0) is 30.0. The predicted octanol–water partition coefficient (Wildman–Crippen LogP) is 6.80. The highest BCUT2D eigenvalue weighted by Gasteiger charge is 2.35. The lowest BCUT2D eigenvalue weighted by molar-refractivity contribution is 0.574. The molecule has 1 saturated carbocycles. The summed E-state index contributed by atoms with van der Waals surface area (Å²) in [6.45, 7) is 4.29. The number of hydrogen-bond acceptors (Lipinski definition) is 6. The molecule has 9 nitrogen and oxygen atoms in total. The molecule has 3 aromatic carbocycles. The fraction of sp³-hybridized carbons (Fsp3) is 0.219. The minimum atomic E-state index is -3.27. The van der Waals surface area contributed by atoms with Gasteiger partial charge in [0.05, 0.1) is 28.0 Å². The minimum absolute atomic E-state index is 0.222. The summed E-state index contributed by atoms with van der Waals surface area (Å²) in [5.74, 6) is 0. The smallest absolute Gasteiger partial charge is 0.214 e. The maximum absolute atomic E-state index is 12.4. The highest BCUT2D eigenvalue weighted by atomic mass is 79.9. The van der Waals surface area contributed by atoms with Crippen molar-refractivity contribution in [3.63, 3.8) is 0 Å². The van der Waals surface area contributed by atoms with E-state index in [0.29, 0.717) is 0 Å². The number of halogens is 1. The summed E-state index contributed by atoms with van der Waals surface area (Å²) in [6, 6.07) is 23.8. The van der Waals surface area contributed by atoms with Crippen molar-refractivity contribution in [1.29, 1.82) is 0 Å².